The molecular formula is C15H23ClN4O2. The summed E-state index contributed by atoms with van der Waals surface area (Å²) in [5.74, 6) is -0.353. The number of carbonyl (C=O) groups excluding carboxylic acids is 2. The van der Waals surface area contributed by atoms with Crippen molar-refractivity contribution >= 4 is 29.5 Å². The van der Waals surface area contributed by atoms with E-state index in [2.05, 4.69) is 22.7 Å². The monoisotopic (exact) mass is 326 g/mol. The van der Waals surface area contributed by atoms with E-state index in [-0.39, 0.29) is 11.8 Å². The molecule has 1 rings (SSSR count). The van der Waals surface area contributed by atoms with E-state index in [1.54, 1.807) is 10.8 Å². The van der Waals surface area contributed by atoms with Crippen molar-refractivity contribution in [3.8, 4) is 0 Å². The topological polar surface area (TPSA) is 76.0 Å². The molecule has 1 heterocycles. The van der Waals surface area contributed by atoms with Gasteiger partial charge in [0.05, 0.1) is 5.69 Å². The van der Waals surface area contributed by atoms with Crippen LogP contribution in [0.3, 0.4) is 0 Å². The molecule has 0 unspecified atom stereocenters. The lowest BCUT2D eigenvalue weighted by molar-refractivity contribution is -0.119. The molecule has 1 aromatic rings. The molecule has 0 saturated heterocycles. The van der Waals surface area contributed by atoms with Gasteiger partial charge in [0.2, 0.25) is 11.8 Å². The fourth-order valence-corrected chi connectivity index (χ4v) is 2.18. The standard InChI is InChI=1S/C15H23ClN4O2/c1-4-5-10-20-15(16)13(11(2)19-20)6-7-14(22)18-9-8-17-12(3)21/h6-7H,4-5,8-10H2,1-3H3,(H,17,21)(H,18,22)/b7-6+. The number of halogens is 1. The van der Waals surface area contributed by atoms with Crippen LogP contribution in [0.25, 0.3) is 6.08 Å². The number of hydrogen-bond acceptors (Lipinski definition) is 3. The molecule has 0 atom stereocenters. The Bertz CT molecular complexity index is 552. The number of unbranched alkanes of at least 4 members (excludes halogenated alkanes) is 1. The molecule has 2 amide bonds. The minimum Gasteiger partial charge on any atom is -0.355 e. The van der Waals surface area contributed by atoms with Gasteiger partial charge < -0.3 is 10.6 Å². The van der Waals surface area contributed by atoms with Crippen molar-refractivity contribution in [3.63, 3.8) is 0 Å². The van der Waals surface area contributed by atoms with Gasteiger partial charge in [-0.3, -0.25) is 14.3 Å². The van der Waals surface area contributed by atoms with Gasteiger partial charge in [-0.25, -0.2) is 0 Å². The highest BCUT2D eigenvalue weighted by atomic mass is 35.5. The van der Waals surface area contributed by atoms with Crippen LogP contribution in [0.4, 0.5) is 0 Å². The van der Waals surface area contributed by atoms with Gasteiger partial charge >= 0.3 is 0 Å². The fraction of sp³-hybridized carbons (Fsp3) is 0.533. The second-order valence-corrected chi connectivity index (χ2v) is 5.33. The van der Waals surface area contributed by atoms with Gasteiger partial charge in [0.1, 0.15) is 5.15 Å². The van der Waals surface area contributed by atoms with E-state index >= 15 is 0 Å². The molecule has 7 heteroatoms. The average molecular weight is 327 g/mol. The number of nitrogens with zero attached hydrogens (tertiary/aromatic N) is 2. The average Bonchev–Trinajstić information content (AvgIpc) is 2.73. The summed E-state index contributed by atoms with van der Waals surface area (Å²) in [7, 11) is 0. The third-order valence-corrected chi connectivity index (χ3v) is 3.43. The lowest BCUT2D eigenvalue weighted by atomic mass is 10.2. The molecule has 0 aliphatic carbocycles. The maximum Gasteiger partial charge on any atom is 0.244 e. The predicted octanol–water partition coefficient (Wildman–Crippen LogP) is 1.91. The first kappa shape index (κ1) is 18.2. The van der Waals surface area contributed by atoms with Crippen molar-refractivity contribution in [2.45, 2.75) is 40.2 Å². The van der Waals surface area contributed by atoms with Gasteiger partial charge in [0, 0.05) is 38.2 Å². The first-order valence-corrected chi connectivity index (χ1v) is 7.76. The van der Waals surface area contributed by atoms with Gasteiger partial charge in [-0.15, -0.1) is 0 Å². The molecule has 22 heavy (non-hydrogen) atoms. The number of rotatable bonds is 8. The summed E-state index contributed by atoms with van der Waals surface area (Å²) in [5.41, 5.74) is 1.55. The Labute approximate surface area is 135 Å². The van der Waals surface area contributed by atoms with Gasteiger partial charge in [-0.2, -0.15) is 5.10 Å². The number of aryl methyl sites for hydroxylation is 2. The van der Waals surface area contributed by atoms with Gasteiger partial charge in [-0.1, -0.05) is 24.9 Å². The van der Waals surface area contributed by atoms with Crippen LogP contribution in [0, 0.1) is 6.92 Å². The minimum absolute atomic E-state index is 0.119. The third-order valence-electron chi connectivity index (χ3n) is 3.03. The summed E-state index contributed by atoms with van der Waals surface area (Å²) in [5, 5.41) is 10.2. The van der Waals surface area contributed by atoms with Gasteiger partial charge in [0.25, 0.3) is 0 Å². The lowest BCUT2D eigenvalue weighted by Crippen LogP contribution is -2.32. The van der Waals surface area contributed by atoms with Crippen molar-refractivity contribution in [3.05, 3.63) is 22.5 Å². The molecule has 0 aliphatic heterocycles. The van der Waals surface area contributed by atoms with Crippen LogP contribution in [0.1, 0.15) is 37.9 Å². The summed E-state index contributed by atoms with van der Waals surface area (Å²) >= 11 is 6.28. The van der Waals surface area contributed by atoms with Crippen molar-refractivity contribution in [1.82, 2.24) is 20.4 Å². The second-order valence-electron chi connectivity index (χ2n) is 4.97. The first-order valence-electron chi connectivity index (χ1n) is 7.39. The highest BCUT2D eigenvalue weighted by Crippen LogP contribution is 2.21. The Hall–Kier alpha value is -1.82. The molecule has 0 radical (unpaired) electrons. The van der Waals surface area contributed by atoms with Crippen LogP contribution in [0.2, 0.25) is 5.15 Å². The number of amides is 2. The molecule has 1 aromatic heterocycles. The van der Waals surface area contributed by atoms with Crippen LogP contribution in [0.5, 0.6) is 0 Å². The second kappa shape index (κ2) is 9.25. The maximum absolute atomic E-state index is 11.7. The zero-order valence-electron chi connectivity index (χ0n) is 13.3. The number of carbonyl (C=O) groups is 2. The molecule has 0 saturated carbocycles. The Balaban J connectivity index is 2.56. The first-order chi connectivity index (χ1) is 10.5. The zero-order valence-corrected chi connectivity index (χ0v) is 14.0. The molecule has 6 nitrogen and oxygen atoms in total. The molecule has 0 aromatic carbocycles. The molecule has 0 bridgehead atoms. The van der Waals surface area contributed by atoms with E-state index in [0.717, 1.165) is 30.6 Å². The largest absolute Gasteiger partial charge is 0.355 e. The smallest absolute Gasteiger partial charge is 0.244 e. The number of hydrogen-bond donors (Lipinski definition) is 2. The van der Waals surface area contributed by atoms with Crippen LogP contribution in [0.15, 0.2) is 6.08 Å². The van der Waals surface area contributed by atoms with E-state index in [9.17, 15) is 9.59 Å². The van der Waals surface area contributed by atoms with E-state index in [4.69, 9.17) is 11.6 Å². The van der Waals surface area contributed by atoms with E-state index in [1.165, 1.54) is 13.0 Å². The zero-order chi connectivity index (χ0) is 16.5. The van der Waals surface area contributed by atoms with E-state index in [0.29, 0.717) is 18.2 Å². The van der Waals surface area contributed by atoms with E-state index < -0.39 is 0 Å². The Kier molecular flexibility index (Phi) is 7.66. The quantitative estimate of drug-likeness (QED) is 0.566. The predicted molar refractivity (Wildman–Crippen MR) is 87.6 cm³/mol. The number of aromatic nitrogens is 2. The highest BCUT2D eigenvalue weighted by molar-refractivity contribution is 6.31. The van der Waals surface area contributed by atoms with E-state index in [1.807, 2.05) is 6.92 Å². The summed E-state index contributed by atoms with van der Waals surface area (Å²) in [6, 6.07) is 0. The van der Waals surface area contributed by atoms with Crippen LogP contribution >= 0.6 is 11.6 Å². The maximum atomic E-state index is 11.7. The lowest BCUT2D eigenvalue weighted by Gasteiger charge is -2.02. The van der Waals surface area contributed by atoms with Gasteiger partial charge in [-0.05, 0) is 19.4 Å². The molecule has 122 valence electrons. The third kappa shape index (κ3) is 5.89. The molecule has 0 spiro atoms. The normalized spacial score (nSPS) is 10.9. The molecule has 0 aliphatic rings. The van der Waals surface area contributed by atoms with Crippen LogP contribution in [-0.4, -0.2) is 34.7 Å². The van der Waals surface area contributed by atoms with Crippen molar-refractivity contribution in [2.24, 2.45) is 0 Å². The Morgan fingerprint density at radius 1 is 1.32 bits per heavy atom. The Morgan fingerprint density at radius 3 is 2.64 bits per heavy atom. The van der Waals surface area contributed by atoms with Crippen molar-refractivity contribution in [1.29, 1.82) is 0 Å². The highest BCUT2D eigenvalue weighted by Gasteiger charge is 2.10. The van der Waals surface area contributed by atoms with Crippen LogP contribution < -0.4 is 10.6 Å². The summed E-state index contributed by atoms with van der Waals surface area (Å²) < 4.78 is 1.76. The van der Waals surface area contributed by atoms with Crippen molar-refractivity contribution < 1.29 is 9.59 Å². The van der Waals surface area contributed by atoms with Crippen LogP contribution in [-0.2, 0) is 16.1 Å². The van der Waals surface area contributed by atoms with Gasteiger partial charge in [0.15, 0.2) is 0 Å². The molecule has 2 N–H and O–H groups in total. The molecular weight excluding hydrogens is 304 g/mol. The van der Waals surface area contributed by atoms with Crippen molar-refractivity contribution in [2.75, 3.05) is 13.1 Å². The number of nitrogens with one attached hydrogen (secondary N) is 2. The summed E-state index contributed by atoms with van der Waals surface area (Å²) in [6.07, 6.45) is 5.17. The Morgan fingerprint density at radius 2 is 2.00 bits per heavy atom. The fourth-order valence-electron chi connectivity index (χ4n) is 1.85. The summed E-state index contributed by atoms with van der Waals surface area (Å²) in [6.45, 7) is 6.96. The summed E-state index contributed by atoms with van der Waals surface area (Å²) in [4.78, 5) is 22.4. The molecule has 0 fully saturated rings. The minimum atomic E-state index is -0.234. The SMILES string of the molecule is CCCCn1nc(C)c(/C=C/C(=O)NCCNC(C)=O)c1Cl.